The summed E-state index contributed by atoms with van der Waals surface area (Å²) in [6, 6.07) is 19.5. The summed E-state index contributed by atoms with van der Waals surface area (Å²) in [6.45, 7) is 7.14. The summed E-state index contributed by atoms with van der Waals surface area (Å²) in [5, 5.41) is 2.91. The molecule has 0 atom stereocenters. The van der Waals surface area contributed by atoms with E-state index in [9.17, 15) is 9.59 Å². The van der Waals surface area contributed by atoms with E-state index >= 15 is 0 Å². The van der Waals surface area contributed by atoms with Crippen molar-refractivity contribution in [3.8, 4) is 5.75 Å². The lowest BCUT2D eigenvalue weighted by molar-refractivity contribution is -0.118. The van der Waals surface area contributed by atoms with Gasteiger partial charge >= 0.3 is 0 Å². The van der Waals surface area contributed by atoms with Crippen LogP contribution in [0.15, 0.2) is 60.7 Å². The molecule has 0 saturated carbocycles. The Morgan fingerprint density at radius 1 is 1.03 bits per heavy atom. The molecular formula is C27H28N2O3. The van der Waals surface area contributed by atoms with Gasteiger partial charge in [0.15, 0.2) is 6.61 Å². The molecule has 4 rings (SSSR count). The van der Waals surface area contributed by atoms with Crippen LogP contribution in [0.2, 0.25) is 0 Å². The Hall–Kier alpha value is -3.60. The van der Waals surface area contributed by atoms with Crippen molar-refractivity contribution in [2.45, 2.75) is 33.7 Å². The van der Waals surface area contributed by atoms with Crippen molar-refractivity contribution in [3.05, 3.63) is 94.0 Å². The monoisotopic (exact) mass is 428 g/mol. The molecule has 1 N–H and O–H groups in total. The van der Waals surface area contributed by atoms with Gasteiger partial charge in [-0.3, -0.25) is 9.59 Å². The number of nitrogens with one attached hydrogen (secondary N) is 1. The van der Waals surface area contributed by atoms with Gasteiger partial charge < -0.3 is 15.0 Å². The van der Waals surface area contributed by atoms with Gasteiger partial charge in [0.1, 0.15) is 5.75 Å². The third-order valence-corrected chi connectivity index (χ3v) is 5.98. The molecule has 0 spiro atoms. The number of hydrogen-bond donors (Lipinski definition) is 1. The van der Waals surface area contributed by atoms with Crippen LogP contribution in [0.5, 0.6) is 5.75 Å². The first-order chi connectivity index (χ1) is 15.4. The van der Waals surface area contributed by atoms with Gasteiger partial charge in [-0.25, -0.2) is 0 Å². The number of ether oxygens (including phenoxy) is 1. The first-order valence-corrected chi connectivity index (χ1v) is 10.9. The van der Waals surface area contributed by atoms with Crippen molar-refractivity contribution in [2.75, 3.05) is 18.5 Å². The number of amides is 2. The molecule has 1 aliphatic rings. The van der Waals surface area contributed by atoms with Gasteiger partial charge in [-0.05, 0) is 62.1 Å². The second-order valence-electron chi connectivity index (χ2n) is 8.33. The summed E-state index contributed by atoms with van der Waals surface area (Å²) in [5.41, 5.74) is 6.77. The van der Waals surface area contributed by atoms with E-state index in [4.69, 9.17) is 4.74 Å². The summed E-state index contributed by atoms with van der Waals surface area (Å²) in [4.78, 5) is 27.4. The highest BCUT2D eigenvalue weighted by molar-refractivity contribution is 5.97. The summed E-state index contributed by atoms with van der Waals surface area (Å²) in [6.07, 6.45) is 0.696. The van der Waals surface area contributed by atoms with Crippen molar-refractivity contribution in [3.63, 3.8) is 0 Å². The van der Waals surface area contributed by atoms with E-state index in [1.165, 1.54) is 5.56 Å². The number of nitrogens with zero attached hydrogens (tertiary/aromatic N) is 1. The van der Waals surface area contributed by atoms with Crippen molar-refractivity contribution in [1.29, 1.82) is 0 Å². The highest BCUT2D eigenvalue weighted by Gasteiger charge is 2.27. The van der Waals surface area contributed by atoms with Gasteiger partial charge in [-0.2, -0.15) is 0 Å². The molecule has 0 aliphatic carbocycles. The molecule has 3 aromatic rings. The van der Waals surface area contributed by atoms with E-state index in [2.05, 4.69) is 24.4 Å². The van der Waals surface area contributed by atoms with Crippen LogP contribution in [0.4, 0.5) is 5.69 Å². The predicted octanol–water partition coefficient (Wildman–Crippen LogP) is 4.83. The summed E-state index contributed by atoms with van der Waals surface area (Å²) in [5.74, 6) is 0.375. The fraction of sp³-hybridized carbons (Fsp3) is 0.259. The summed E-state index contributed by atoms with van der Waals surface area (Å²) >= 11 is 0. The maximum atomic E-state index is 13.1. The Kier molecular flexibility index (Phi) is 6.26. The van der Waals surface area contributed by atoms with Gasteiger partial charge in [0.25, 0.3) is 11.8 Å². The third kappa shape index (κ3) is 4.67. The molecular weight excluding hydrogens is 400 g/mol. The standard InChI is InChI=1S/C27H28N2O3/c1-18-7-4-9-21(15-18)16-29-14-13-22-23(27(29)31)10-6-12-25(22)32-17-26(30)28-24-11-5-8-19(2)20(24)3/h4-12,15H,13-14,16-17H2,1-3H3,(H,28,30). The fourth-order valence-corrected chi connectivity index (χ4v) is 4.08. The van der Waals surface area contributed by atoms with Crippen LogP contribution in [-0.2, 0) is 17.8 Å². The molecule has 0 unspecified atom stereocenters. The minimum atomic E-state index is -0.223. The Labute approximate surface area is 189 Å². The average Bonchev–Trinajstić information content (AvgIpc) is 2.77. The van der Waals surface area contributed by atoms with Crippen molar-refractivity contribution in [1.82, 2.24) is 4.90 Å². The number of carbonyl (C=O) groups is 2. The molecule has 2 amide bonds. The zero-order chi connectivity index (χ0) is 22.7. The molecule has 1 aliphatic heterocycles. The topological polar surface area (TPSA) is 58.6 Å². The van der Waals surface area contributed by atoms with E-state index in [0.29, 0.717) is 30.8 Å². The predicted molar refractivity (Wildman–Crippen MR) is 126 cm³/mol. The van der Waals surface area contributed by atoms with Crippen LogP contribution in [0.25, 0.3) is 0 Å². The van der Waals surface area contributed by atoms with Crippen molar-refractivity contribution in [2.24, 2.45) is 0 Å². The minimum Gasteiger partial charge on any atom is -0.483 e. The van der Waals surface area contributed by atoms with Gasteiger partial charge in [0.05, 0.1) is 0 Å². The third-order valence-electron chi connectivity index (χ3n) is 5.98. The molecule has 0 aromatic heterocycles. The molecule has 3 aromatic carbocycles. The second kappa shape index (κ2) is 9.27. The van der Waals surface area contributed by atoms with Gasteiger partial charge in [-0.15, -0.1) is 0 Å². The maximum absolute atomic E-state index is 13.1. The molecule has 1 heterocycles. The molecule has 0 bridgehead atoms. The Bertz CT molecular complexity index is 1170. The molecule has 0 saturated heterocycles. The molecule has 0 fully saturated rings. The Morgan fingerprint density at radius 3 is 2.62 bits per heavy atom. The second-order valence-corrected chi connectivity index (χ2v) is 8.33. The van der Waals surface area contributed by atoms with E-state index < -0.39 is 0 Å². The quantitative estimate of drug-likeness (QED) is 0.612. The SMILES string of the molecule is Cc1cccc(CN2CCc3c(OCC(=O)Nc4cccc(C)c4C)cccc3C2=O)c1. The maximum Gasteiger partial charge on any atom is 0.262 e. The number of hydrogen-bond acceptors (Lipinski definition) is 3. The molecule has 5 nitrogen and oxygen atoms in total. The van der Waals surface area contributed by atoms with Gasteiger partial charge in [0.2, 0.25) is 0 Å². The first-order valence-electron chi connectivity index (χ1n) is 10.9. The zero-order valence-electron chi connectivity index (χ0n) is 18.8. The Balaban J connectivity index is 1.43. The fourth-order valence-electron chi connectivity index (χ4n) is 4.08. The molecule has 32 heavy (non-hydrogen) atoms. The molecule has 5 heteroatoms. The van der Waals surface area contributed by atoms with Crippen LogP contribution < -0.4 is 10.1 Å². The number of rotatable bonds is 6. The lowest BCUT2D eigenvalue weighted by Crippen LogP contribution is -2.37. The average molecular weight is 429 g/mol. The normalized spacial score (nSPS) is 13.0. The van der Waals surface area contributed by atoms with Crippen LogP contribution in [0.1, 0.15) is 38.2 Å². The van der Waals surface area contributed by atoms with E-state index in [1.54, 1.807) is 0 Å². The number of fused-ring (bicyclic) bond motifs is 1. The summed E-state index contributed by atoms with van der Waals surface area (Å²) in [7, 11) is 0. The van der Waals surface area contributed by atoms with Crippen LogP contribution in [-0.4, -0.2) is 29.9 Å². The number of benzene rings is 3. The van der Waals surface area contributed by atoms with Crippen molar-refractivity contribution >= 4 is 17.5 Å². The largest absolute Gasteiger partial charge is 0.483 e. The van der Waals surface area contributed by atoms with Gasteiger partial charge in [-0.1, -0.05) is 48.0 Å². The van der Waals surface area contributed by atoms with Crippen LogP contribution >= 0.6 is 0 Å². The highest BCUT2D eigenvalue weighted by atomic mass is 16.5. The number of aryl methyl sites for hydroxylation is 2. The lowest BCUT2D eigenvalue weighted by atomic mass is 9.97. The van der Waals surface area contributed by atoms with Gasteiger partial charge in [0, 0.05) is 29.9 Å². The lowest BCUT2D eigenvalue weighted by Gasteiger charge is -2.29. The smallest absolute Gasteiger partial charge is 0.262 e. The number of carbonyl (C=O) groups excluding carboxylic acids is 2. The minimum absolute atomic E-state index is 0.00181. The molecule has 0 radical (unpaired) electrons. The number of anilines is 1. The highest BCUT2D eigenvalue weighted by Crippen LogP contribution is 2.29. The van der Waals surface area contributed by atoms with Crippen molar-refractivity contribution < 1.29 is 14.3 Å². The van der Waals surface area contributed by atoms with E-state index in [-0.39, 0.29) is 18.4 Å². The van der Waals surface area contributed by atoms with Crippen LogP contribution in [0.3, 0.4) is 0 Å². The Morgan fingerprint density at radius 2 is 1.81 bits per heavy atom. The van der Waals surface area contributed by atoms with E-state index in [1.807, 2.05) is 67.3 Å². The molecule has 164 valence electrons. The summed E-state index contributed by atoms with van der Waals surface area (Å²) < 4.78 is 5.84. The first kappa shape index (κ1) is 21.6. The van der Waals surface area contributed by atoms with E-state index in [0.717, 1.165) is 27.9 Å². The van der Waals surface area contributed by atoms with Crippen LogP contribution in [0, 0.1) is 20.8 Å². The zero-order valence-corrected chi connectivity index (χ0v) is 18.8.